The van der Waals surface area contributed by atoms with Crippen LogP contribution in [0.3, 0.4) is 0 Å². The lowest BCUT2D eigenvalue weighted by molar-refractivity contribution is -0.128. The van der Waals surface area contributed by atoms with Crippen LogP contribution in [0.4, 0.5) is 0 Å². The largest absolute Gasteiger partial charge is 0.396 e. The van der Waals surface area contributed by atoms with Crippen molar-refractivity contribution in [2.24, 2.45) is 11.8 Å². The van der Waals surface area contributed by atoms with Crippen molar-refractivity contribution < 1.29 is 14.6 Å². The summed E-state index contributed by atoms with van der Waals surface area (Å²) in [5.41, 5.74) is 0. The van der Waals surface area contributed by atoms with Crippen LogP contribution in [0.5, 0.6) is 0 Å². The number of aliphatic hydroxyl groups excluding tert-OH is 1. The van der Waals surface area contributed by atoms with Crippen molar-refractivity contribution in [3.8, 4) is 0 Å². The van der Waals surface area contributed by atoms with Crippen molar-refractivity contribution in [3.63, 3.8) is 0 Å². The summed E-state index contributed by atoms with van der Waals surface area (Å²) in [4.78, 5) is 13.3. The quantitative estimate of drug-likeness (QED) is 0.660. The first kappa shape index (κ1) is 13.5. The monoisotopic (exact) mass is 229 g/mol. The molecule has 1 N–H and O–H groups in total. The Kier molecular flexibility index (Phi) is 5.77. The molecule has 1 aliphatic rings. The molecule has 1 heterocycles. The lowest BCUT2D eigenvalue weighted by Crippen LogP contribution is -2.29. The van der Waals surface area contributed by atoms with E-state index < -0.39 is 0 Å². The number of rotatable bonds is 7. The summed E-state index contributed by atoms with van der Waals surface area (Å²) in [5, 5.41) is 8.96. The van der Waals surface area contributed by atoms with Gasteiger partial charge in [0, 0.05) is 38.6 Å². The van der Waals surface area contributed by atoms with E-state index >= 15 is 0 Å². The first-order valence-electron chi connectivity index (χ1n) is 6.10. The third-order valence-corrected chi connectivity index (χ3v) is 2.90. The molecule has 1 fully saturated rings. The Morgan fingerprint density at radius 2 is 2.25 bits per heavy atom. The minimum atomic E-state index is 0.108. The Balaban J connectivity index is 2.07. The third kappa shape index (κ3) is 4.49. The van der Waals surface area contributed by atoms with E-state index in [0.29, 0.717) is 32.0 Å². The molecule has 1 aliphatic heterocycles. The maximum absolute atomic E-state index is 11.5. The highest BCUT2D eigenvalue weighted by molar-refractivity contribution is 5.78. The Morgan fingerprint density at radius 1 is 1.50 bits per heavy atom. The van der Waals surface area contributed by atoms with Crippen LogP contribution in [0, 0.1) is 11.8 Å². The van der Waals surface area contributed by atoms with Crippen molar-refractivity contribution in [2.45, 2.75) is 26.7 Å². The van der Waals surface area contributed by atoms with E-state index in [2.05, 4.69) is 13.8 Å². The van der Waals surface area contributed by atoms with Crippen LogP contribution in [-0.4, -0.2) is 48.8 Å². The van der Waals surface area contributed by atoms with E-state index in [9.17, 15) is 4.79 Å². The summed E-state index contributed by atoms with van der Waals surface area (Å²) < 4.78 is 5.47. The summed E-state index contributed by atoms with van der Waals surface area (Å²) in [6, 6.07) is 0. The van der Waals surface area contributed by atoms with E-state index in [4.69, 9.17) is 9.84 Å². The van der Waals surface area contributed by atoms with Gasteiger partial charge in [-0.1, -0.05) is 13.8 Å². The molecule has 0 aliphatic carbocycles. The molecule has 0 aromatic carbocycles. The molecule has 1 rings (SSSR count). The predicted octanol–water partition coefficient (Wildman–Crippen LogP) is 0.890. The van der Waals surface area contributed by atoms with Crippen LogP contribution in [0.25, 0.3) is 0 Å². The minimum Gasteiger partial charge on any atom is -0.396 e. The molecular formula is C12H23NO3. The van der Waals surface area contributed by atoms with Gasteiger partial charge in [0.25, 0.3) is 0 Å². The molecule has 0 aromatic heterocycles. The number of nitrogens with zero attached hydrogens (tertiary/aromatic N) is 1. The fourth-order valence-corrected chi connectivity index (χ4v) is 1.79. The van der Waals surface area contributed by atoms with Crippen molar-refractivity contribution >= 4 is 5.91 Å². The lowest BCUT2D eigenvalue weighted by Gasteiger charge is -2.16. The van der Waals surface area contributed by atoms with Gasteiger partial charge in [-0.15, -0.1) is 0 Å². The minimum absolute atomic E-state index is 0.108. The molecule has 0 saturated carbocycles. The van der Waals surface area contributed by atoms with Gasteiger partial charge in [-0.25, -0.2) is 0 Å². The first-order chi connectivity index (χ1) is 7.63. The molecule has 0 bridgehead atoms. The van der Waals surface area contributed by atoms with E-state index in [-0.39, 0.29) is 18.4 Å². The second-order valence-corrected chi connectivity index (χ2v) is 4.89. The molecule has 0 aromatic rings. The zero-order valence-corrected chi connectivity index (χ0v) is 10.3. The van der Waals surface area contributed by atoms with Gasteiger partial charge in [-0.2, -0.15) is 0 Å². The van der Waals surface area contributed by atoms with Gasteiger partial charge in [0.1, 0.15) is 0 Å². The number of hydrogen-bond acceptors (Lipinski definition) is 3. The van der Waals surface area contributed by atoms with Gasteiger partial charge >= 0.3 is 0 Å². The van der Waals surface area contributed by atoms with Crippen LogP contribution < -0.4 is 0 Å². The number of aliphatic hydroxyl groups is 1. The van der Waals surface area contributed by atoms with Crippen molar-refractivity contribution in [1.29, 1.82) is 0 Å². The van der Waals surface area contributed by atoms with Crippen molar-refractivity contribution in [3.05, 3.63) is 0 Å². The molecule has 1 unspecified atom stereocenters. The molecule has 1 atom stereocenters. The second kappa shape index (κ2) is 6.86. The van der Waals surface area contributed by atoms with Crippen LogP contribution in [0.2, 0.25) is 0 Å². The molecule has 16 heavy (non-hydrogen) atoms. The van der Waals surface area contributed by atoms with Crippen molar-refractivity contribution in [1.82, 2.24) is 4.90 Å². The first-order valence-corrected chi connectivity index (χ1v) is 6.10. The molecule has 4 heteroatoms. The van der Waals surface area contributed by atoms with E-state index in [1.54, 1.807) is 4.90 Å². The molecule has 4 nitrogen and oxygen atoms in total. The van der Waals surface area contributed by atoms with Crippen LogP contribution >= 0.6 is 0 Å². The maximum Gasteiger partial charge on any atom is 0.223 e. The Labute approximate surface area is 97.6 Å². The van der Waals surface area contributed by atoms with Gasteiger partial charge in [0.15, 0.2) is 0 Å². The zero-order valence-electron chi connectivity index (χ0n) is 10.3. The Bertz CT molecular complexity index is 218. The van der Waals surface area contributed by atoms with Gasteiger partial charge < -0.3 is 14.7 Å². The number of hydrogen-bond donors (Lipinski definition) is 1. The molecule has 1 amide bonds. The van der Waals surface area contributed by atoms with Gasteiger partial charge in [0.2, 0.25) is 5.91 Å². The summed E-state index contributed by atoms with van der Waals surface area (Å²) in [7, 11) is 0. The lowest BCUT2D eigenvalue weighted by atomic mass is 10.1. The number of likely N-dealkylation sites (tertiary alicyclic amines) is 1. The van der Waals surface area contributed by atoms with E-state index in [1.165, 1.54) is 0 Å². The van der Waals surface area contributed by atoms with Crippen molar-refractivity contribution in [2.75, 3.05) is 32.9 Å². The number of amides is 1. The third-order valence-electron chi connectivity index (χ3n) is 2.90. The Hall–Kier alpha value is -0.610. The average Bonchev–Trinajstić information content (AvgIpc) is 2.59. The normalized spacial score (nSPS) is 21.1. The summed E-state index contributed by atoms with van der Waals surface area (Å²) in [6.45, 7) is 7.16. The highest BCUT2D eigenvalue weighted by Gasteiger charge is 2.28. The summed E-state index contributed by atoms with van der Waals surface area (Å²) in [6.07, 6.45) is 1.55. The highest BCUT2D eigenvalue weighted by atomic mass is 16.5. The zero-order chi connectivity index (χ0) is 12.0. The smallest absolute Gasteiger partial charge is 0.223 e. The average molecular weight is 229 g/mol. The summed E-state index contributed by atoms with van der Waals surface area (Å²) in [5.74, 6) is 0.932. The molecule has 0 radical (unpaired) electrons. The molecule has 1 saturated heterocycles. The van der Waals surface area contributed by atoms with Crippen LogP contribution in [0.1, 0.15) is 26.7 Å². The number of ether oxygens (including phenoxy) is 1. The summed E-state index contributed by atoms with van der Waals surface area (Å²) >= 11 is 0. The molecule has 0 spiro atoms. The number of carbonyl (C=O) groups is 1. The van der Waals surface area contributed by atoms with E-state index in [1.807, 2.05) is 0 Å². The molecular weight excluding hydrogens is 206 g/mol. The maximum atomic E-state index is 11.5. The van der Waals surface area contributed by atoms with Gasteiger partial charge in [-0.3, -0.25) is 4.79 Å². The van der Waals surface area contributed by atoms with Crippen LogP contribution in [-0.2, 0) is 9.53 Å². The standard InChI is InChI=1S/C12H23NO3/c1-10(2)3-5-16-6-4-13-8-11(9-14)7-12(13)15/h10-11,14H,3-9H2,1-2H3. The topological polar surface area (TPSA) is 49.8 Å². The highest BCUT2D eigenvalue weighted by Crippen LogP contribution is 2.16. The van der Waals surface area contributed by atoms with Gasteiger partial charge in [0.05, 0.1) is 6.61 Å². The Morgan fingerprint density at radius 3 is 2.81 bits per heavy atom. The van der Waals surface area contributed by atoms with Crippen LogP contribution in [0.15, 0.2) is 0 Å². The number of carbonyl (C=O) groups excluding carboxylic acids is 1. The van der Waals surface area contributed by atoms with E-state index in [0.717, 1.165) is 13.0 Å². The fraction of sp³-hybridized carbons (Fsp3) is 0.917. The molecule has 94 valence electrons. The second-order valence-electron chi connectivity index (χ2n) is 4.89. The predicted molar refractivity (Wildman–Crippen MR) is 62.0 cm³/mol. The SMILES string of the molecule is CC(C)CCOCCN1CC(CO)CC1=O. The fourth-order valence-electron chi connectivity index (χ4n) is 1.79. The van der Waals surface area contributed by atoms with Gasteiger partial charge in [-0.05, 0) is 12.3 Å².